The number of esters is 1. The molecule has 2 amide bonds. The number of β-lactam (4-membered cyclic amide) rings is 1. The Kier molecular flexibility index (Phi) is 7.96. The Bertz CT molecular complexity index is 1350. The number of likely N-dealkylation sites (N-methyl/N-ethyl adjacent to an activating group) is 1. The van der Waals surface area contributed by atoms with Crippen LogP contribution < -0.4 is 5.32 Å². The topological polar surface area (TPSA) is 139 Å². The number of carboxylic acids is 1. The fraction of sp³-hybridized carbons (Fsp3) is 0.500. The van der Waals surface area contributed by atoms with E-state index in [0.29, 0.717) is 4.48 Å². The first-order chi connectivity index (χ1) is 18.5. The number of aliphatic carboxylic acids is 1. The van der Waals surface area contributed by atoms with Crippen LogP contribution >= 0.6 is 23.4 Å². The third kappa shape index (κ3) is 5.68. The maximum absolute atomic E-state index is 14.6. The van der Waals surface area contributed by atoms with Crippen LogP contribution in [0.25, 0.3) is 11.3 Å². The average Bonchev–Trinajstić information content (AvgIpc) is 3.30. The molecule has 216 valence electrons. The zero-order chi connectivity index (χ0) is 29.7. The number of quaternary nitrogens is 1. The van der Waals surface area contributed by atoms with Gasteiger partial charge in [-0.3, -0.25) is 14.4 Å². The van der Waals surface area contributed by atoms with Gasteiger partial charge in [-0.1, -0.05) is 22.8 Å². The second kappa shape index (κ2) is 10.7. The highest BCUT2D eigenvalue weighted by Crippen LogP contribution is 2.51. The number of fused-ring (bicyclic) bond motifs is 1. The third-order valence-corrected chi connectivity index (χ3v) is 8.56. The lowest BCUT2D eigenvalue weighted by atomic mass is 9.95. The molecule has 2 N–H and O–H groups in total. The van der Waals surface area contributed by atoms with Crippen molar-refractivity contribution in [3.05, 3.63) is 40.4 Å². The van der Waals surface area contributed by atoms with Crippen molar-refractivity contribution in [1.29, 1.82) is 0 Å². The first kappa shape index (κ1) is 29.8. The van der Waals surface area contributed by atoms with Crippen LogP contribution in [0.4, 0.5) is 4.39 Å². The number of hydrogen-bond donors (Lipinski definition) is 2. The molecule has 4 atom stereocenters. The van der Waals surface area contributed by atoms with Crippen molar-refractivity contribution in [3.63, 3.8) is 0 Å². The number of hydrogen-bond acceptors (Lipinski definition) is 8. The molecule has 3 heterocycles. The van der Waals surface area contributed by atoms with Crippen molar-refractivity contribution in [1.82, 2.24) is 15.4 Å². The SMILES string of the molecule is Cc1onc(-c2c(F)cccc2Cl)c1C(=O)N[C@@H]1C(=O)N2[C@@H]1SC(C)(C)[C@@H]2C(=O)OC(CC(=O)O)C[N+](C)(C)C. The number of rotatable bonds is 9. The molecule has 2 aromatic rings. The largest absolute Gasteiger partial charge is 0.481 e. The van der Waals surface area contributed by atoms with Gasteiger partial charge < -0.3 is 29.1 Å². The zero-order valence-electron chi connectivity index (χ0n) is 22.9. The van der Waals surface area contributed by atoms with Gasteiger partial charge in [0.15, 0.2) is 6.10 Å². The monoisotopic (exact) mass is 597 g/mol. The number of amides is 2. The molecular formula is C26H31ClFN4O7S+. The molecule has 40 heavy (non-hydrogen) atoms. The lowest BCUT2D eigenvalue weighted by Gasteiger charge is -2.44. The van der Waals surface area contributed by atoms with Crippen LogP contribution in [-0.2, 0) is 19.1 Å². The molecule has 0 radical (unpaired) electrons. The molecule has 1 aromatic heterocycles. The van der Waals surface area contributed by atoms with E-state index in [1.165, 1.54) is 41.8 Å². The van der Waals surface area contributed by atoms with Crippen molar-refractivity contribution < 1.29 is 42.4 Å². The summed E-state index contributed by atoms with van der Waals surface area (Å²) in [5.41, 5.74) is -0.255. The van der Waals surface area contributed by atoms with Gasteiger partial charge in [-0.05, 0) is 32.9 Å². The maximum atomic E-state index is 14.6. The van der Waals surface area contributed by atoms with E-state index in [1.54, 1.807) is 13.8 Å². The van der Waals surface area contributed by atoms with E-state index in [9.17, 15) is 28.7 Å². The molecule has 2 fully saturated rings. The minimum atomic E-state index is -1.10. The Hall–Kier alpha value is -3.16. The standard InChI is InChI=1S/C26H30ClFN4O7S/c1-12-17(19(30-39-12)18-14(27)8-7-9-15(18)28)22(35)29-20-23(36)31-21(26(2,3)40-24(20)31)25(37)38-13(10-16(33)34)11-32(4,5)6/h7-9,13,20-21,24H,10-11H2,1-6H3,(H-,29,33,34,35)/p+1/t13?,20-,21+,24-/m1/s1. The summed E-state index contributed by atoms with van der Waals surface area (Å²) in [6.45, 7) is 5.31. The van der Waals surface area contributed by atoms with Crippen LogP contribution in [0.3, 0.4) is 0 Å². The summed E-state index contributed by atoms with van der Waals surface area (Å²) in [6.07, 6.45) is -1.26. The number of thioether (sulfide) groups is 1. The van der Waals surface area contributed by atoms with Gasteiger partial charge in [0.05, 0.1) is 38.1 Å². The number of carbonyl (C=O) groups is 4. The molecule has 0 bridgehead atoms. The Labute approximate surface area is 239 Å². The van der Waals surface area contributed by atoms with Gasteiger partial charge in [-0.2, -0.15) is 0 Å². The predicted octanol–water partition coefficient (Wildman–Crippen LogP) is 2.70. The summed E-state index contributed by atoms with van der Waals surface area (Å²) in [7, 11) is 5.55. The first-order valence-corrected chi connectivity index (χ1v) is 13.7. The van der Waals surface area contributed by atoms with Crippen molar-refractivity contribution in [2.45, 2.75) is 55.5 Å². The fourth-order valence-electron chi connectivity index (χ4n) is 5.05. The van der Waals surface area contributed by atoms with E-state index in [1.807, 2.05) is 21.1 Å². The Balaban J connectivity index is 1.53. The summed E-state index contributed by atoms with van der Waals surface area (Å²) in [4.78, 5) is 52.6. The first-order valence-electron chi connectivity index (χ1n) is 12.5. The molecule has 2 aliphatic rings. The summed E-state index contributed by atoms with van der Waals surface area (Å²) >= 11 is 7.49. The van der Waals surface area contributed by atoms with Crippen molar-refractivity contribution in [2.24, 2.45) is 0 Å². The molecule has 11 nitrogen and oxygen atoms in total. The minimum absolute atomic E-state index is 0.0363. The van der Waals surface area contributed by atoms with Crippen molar-refractivity contribution in [2.75, 3.05) is 27.7 Å². The molecule has 14 heteroatoms. The number of halogens is 2. The van der Waals surface area contributed by atoms with Gasteiger partial charge in [0.2, 0.25) is 5.91 Å². The van der Waals surface area contributed by atoms with Crippen LogP contribution in [0.2, 0.25) is 5.02 Å². The van der Waals surface area contributed by atoms with E-state index >= 15 is 0 Å². The summed E-state index contributed by atoms with van der Waals surface area (Å²) in [5.74, 6) is -3.60. The van der Waals surface area contributed by atoms with Gasteiger partial charge in [-0.25, -0.2) is 9.18 Å². The van der Waals surface area contributed by atoms with Gasteiger partial charge in [-0.15, -0.1) is 11.8 Å². The molecule has 0 spiro atoms. The lowest BCUT2D eigenvalue weighted by molar-refractivity contribution is -0.873. The van der Waals surface area contributed by atoms with Crippen LogP contribution in [0.1, 0.15) is 36.4 Å². The number of ether oxygens (including phenoxy) is 1. The second-order valence-corrected chi connectivity index (χ2v) is 13.6. The van der Waals surface area contributed by atoms with Crippen LogP contribution in [0.15, 0.2) is 22.7 Å². The number of carbonyl (C=O) groups excluding carboxylic acids is 3. The number of benzene rings is 1. The predicted molar refractivity (Wildman–Crippen MR) is 144 cm³/mol. The third-order valence-electron chi connectivity index (χ3n) is 6.68. The average molecular weight is 598 g/mol. The highest BCUT2D eigenvalue weighted by atomic mass is 35.5. The molecule has 2 aliphatic heterocycles. The van der Waals surface area contributed by atoms with E-state index < -0.39 is 57.9 Å². The zero-order valence-corrected chi connectivity index (χ0v) is 24.4. The van der Waals surface area contributed by atoms with Crippen LogP contribution in [0.5, 0.6) is 0 Å². The fourth-order valence-corrected chi connectivity index (χ4v) is 6.93. The highest BCUT2D eigenvalue weighted by molar-refractivity contribution is 8.01. The highest BCUT2D eigenvalue weighted by Gasteiger charge is 2.64. The van der Waals surface area contributed by atoms with E-state index in [2.05, 4.69) is 10.5 Å². The normalized spacial score (nSPS) is 22.4. The second-order valence-electron chi connectivity index (χ2n) is 11.4. The summed E-state index contributed by atoms with van der Waals surface area (Å²) < 4.78 is 25.0. The summed E-state index contributed by atoms with van der Waals surface area (Å²) in [5, 5.41) is 15.3. The molecule has 1 aromatic carbocycles. The van der Waals surface area contributed by atoms with E-state index in [4.69, 9.17) is 20.9 Å². The number of aromatic nitrogens is 1. The molecule has 2 saturated heterocycles. The molecule has 1 unspecified atom stereocenters. The van der Waals surface area contributed by atoms with E-state index in [0.717, 1.165) is 0 Å². The van der Waals surface area contributed by atoms with Gasteiger partial charge in [0.1, 0.15) is 46.8 Å². The molecule has 4 rings (SSSR count). The number of carboxylic acid groups (broad SMARTS) is 1. The van der Waals surface area contributed by atoms with Crippen LogP contribution in [-0.4, -0.2) is 99.4 Å². The minimum Gasteiger partial charge on any atom is -0.481 e. The number of nitrogens with one attached hydrogen (secondary N) is 1. The number of nitrogens with zero attached hydrogens (tertiary/aromatic N) is 3. The smallest absolute Gasteiger partial charge is 0.330 e. The molecule has 0 saturated carbocycles. The summed E-state index contributed by atoms with van der Waals surface area (Å²) in [6, 6.07) is 2.09. The Morgan fingerprint density at radius 2 is 2.00 bits per heavy atom. The van der Waals surface area contributed by atoms with Crippen LogP contribution in [0, 0.1) is 12.7 Å². The Morgan fingerprint density at radius 1 is 1.32 bits per heavy atom. The Morgan fingerprint density at radius 3 is 2.60 bits per heavy atom. The van der Waals surface area contributed by atoms with Gasteiger partial charge in [0.25, 0.3) is 5.91 Å². The van der Waals surface area contributed by atoms with E-state index in [-0.39, 0.29) is 40.6 Å². The van der Waals surface area contributed by atoms with Gasteiger partial charge >= 0.3 is 11.9 Å². The lowest BCUT2D eigenvalue weighted by Crippen LogP contribution is -2.70. The molecular weight excluding hydrogens is 567 g/mol. The van der Waals surface area contributed by atoms with Gasteiger partial charge in [0, 0.05) is 4.75 Å². The maximum Gasteiger partial charge on any atom is 0.330 e. The molecule has 0 aliphatic carbocycles. The van der Waals surface area contributed by atoms with Crippen molar-refractivity contribution >= 4 is 47.1 Å². The van der Waals surface area contributed by atoms with Crippen molar-refractivity contribution in [3.8, 4) is 11.3 Å². The number of aryl methyl sites for hydroxylation is 1. The quantitative estimate of drug-likeness (QED) is 0.254.